The second-order valence-corrected chi connectivity index (χ2v) is 3.90. The van der Waals surface area contributed by atoms with E-state index in [2.05, 4.69) is 46.6 Å². The zero-order valence-corrected chi connectivity index (χ0v) is 7.99. The molecule has 0 amide bonds. The van der Waals surface area contributed by atoms with E-state index in [1.807, 2.05) is 6.20 Å². The minimum absolute atomic E-state index is 1.11. The summed E-state index contributed by atoms with van der Waals surface area (Å²) < 4.78 is 0. The van der Waals surface area contributed by atoms with Gasteiger partial charge in [-0.1, -0.05) is 30.3 Å². The van der Waals surface area contributed by atoms with Crippen LogP contribution in [0, 0.1) is 0 Å². The fraction of sp³-hybridized carbons (Fsp3) is 0. The van der Waals surface area contributed by atoms with Crippen LogP contribution < -0.4 is 0 Å². The maximum absolute atomic E-state index is 4.13. The molecule has 0 atom stereocenters. The van der Waals surface area contributed by atoms with Crippen LogP contribution in [0.3, 0.4) is 0 Å². The molecule has 4 aromatic rings. The van der Waals surface area contributed by atoms with Gasteiger partial charge in [0.2, 0.25) is 0 Å². The van der Waals surface area contributed by atoms with Crippen molar-refractivity contribution in [2.24, 2.45) is 0 Å². The number of benzene rings is 2. The third-order valence-electron chi connectivity index (χ3n) is 3.09. The zero-order chi connectivity index (χ0) is 9.83. The summed E-state index contributed by atoms with van der Waals surface area (Å²) in [6, 6.07) is 12.9. The van der Waals surface area contributed by atoms with Crippen molar-refractivity contribution >= 4 is 32.4 Å². The smallest absolute Gasteiger partial charge is 0.0647 e. The summed E-state index contributed by atoms with van der Waals surface area (Å²) in [6.45, 7) is 0. The Hall–Kier alpha value is -2.09. The van der Waals surface area contributed by atoms with E-state index in [4.69, 9.17) is 0 Å². The average molecular weight is 192 g/mol. The van der Waals surface area contributed by atoms with Gasteiger partial charge < -0.3 is 0 Å². The van der Waals surface area contributed by atoms with Gasteiger partial charge in [0, 0.05) is 10.8 Å². The summed E-state index contributed by atoms with van der Waals surface area (Å²) in [7, 11) is 0. The lowest BCUT2D eigenvalue weighted by Crippen LogP contribution is -1.85. The van der Waals surface area contributed by atoms with Crippen molar-refractivity contribution in [1.29, 1.82) is 0 Å². The molecule has 2 nitrogen and oxygen atoms in total. The topological polar surface area (TPSA) is 28.7 Å². The minimum atomic E-state index is 1.11. The van der Waals surface area contributed by atoms with Crippen LogP contribution in [-0.2, 0) is 0 Å². The van der Waals surface area contributed by atoms with E-state index in [9.17, 15) is 0 Å². The molecule has 70 valence electrons. The van der Waals surface area contributed by atoms with Gasteiger partial charge in [0.25, 0.3) is 0 Å². The van der Waals surface area contributed by atoms with E-state index < -0.39 is 0 Å². The van der Waals surface area contributed by atoms with Gasteiger partial charge >= 0.3 is 0 Å². The third kappa shape index (κ3) is 0.773. The van der Waals surface area contributed by atoms with Crippen molar-refractivity contribution in [1.82, 2.24) is 10.2 Å². The van der Waals surface area contributed by atoms with E-state index in [0.717, 1.165) is 5.52 Å². The molecule has 15 heavy (non-hydrogen) atoms. The van der Waals surface area contributed by atoms with Gasteiger partial charge in [0.15, 0.2) is 0 Å². The first-order chi connectivity index (χ1) is 7.43. The Bertz CT molecular complexity index is 707. The molecule has 4 rings (SSSR count). The Balaban J connectivity index is 2.54. The van der Waals surface area contributed by atoms with Gasteiger partial charge in [-0.05, 0) is 22.2 Å². The highest BCUT2D eigenvalue weighted by atomic mass is 15.1. The molecular weight excluding hydrogens is 184 g/mol. The highest BCUT2D eigenvalue weighted by Gasteiger charge is 2.08. The molecular formula is C13H8N2. The zero-order valence-electron chi connectivity index (χ0n) is 7.99. The number of nitrogens with one attached hydrogen (secondary N) is 1. The Morgan fingerprint density at radius 1 is 0.733 bits per heavy atom. The van der Waals surface area contributed by atoms with Crippen molar-refractivity contribution < 1.29 is 0 Å². The lowest BCUT2D eigenvalue weighted by atomic mass is 10.0. The monoisotopic (exact) mass is 192 g/mol. The summed E-state index contributed by atoms with van der Waals surface area (Å²) in [5.74, 6) is 0. The predicted molar refractivity (Wildman–Crippen MR) is 62.3 cm³/mol. The summed E-state index contributed by atoms with van der Waals surface area (Å²) in [5, 5.41) is 13.6. The van der Waals surface area contributed by atoms with E-state index in [-0.39, 0.29) is 0 Å². The molecule has 0 spiro atoms. The van der Waals surface area contributed by atoms with Crippen LogP contribution in [0.15, 0.2) is 42.6 Å². The molecule has 3 aromatic carbocycles. The number of nitrogens with zero attached hydrogens (tertiary/aromatic N) is 1. The largest absolute Gasteiger partial charge is 0.278 e. The Kier molecular flexibility index (Phi) is 1.10. The normalized spacial score (nSPS) is 12.0. The fourth-order valence-electron chi connectivity index (χ4n) is 2.41. The third-order valence-corrected chi connectivity index (χ3v) is 3.09. The van der Waals surface area contributed by atoms with Crippen LogP contribution in [0.4, 0.5) is 0 Å². The standard InChI is InChI=1S/C13H8N2/c1-2-9-5-6-11-13-10(7-14-15-11)4-3-8(1)12(9)13/h1-7,15H. The Morgan fingerprint density at radius 2 is 1.40 bits per heavy atom. The van der Waals surface area contributed by atoms with E-state index in [1.165, 1.54) is 26.9 Å². The van der Waals surface area contributed by atoms with Gasteiger partial charge in [0.1, 0.15) is 0 Å². The second kappa shape index (κ2) is 2.28. The first-order valence-electron chi connectivity index (χ1n) is 5.00. The lowest BCUT2D eigenvalue weighted by Gasteiger charge is -2.04. The average Bonchev–Trinajstić information content (AvgIpc) is 2.71. The molecule has 0 radical (unpaired) electrons. The van der Waals surface area contributed by atoms with Crippen molar-refractivity contribution in [3.63, 3.8) is 0 Å². The molecule has 1 aromatic heterocycles. The quantitative estimate of drug-likeness (QED) is 0.455. The molecule has 0 aliphatic heterocycles. The van der Waals surface area contributed by atoms with Gasteiger partial charge in [-0.15, -0.1) is 0 Å². The highest BCUT2D eigenvalue weighted by molar-refractivity contribution is 6.22. The lowest BCUT2D eigenvalue weighted by molar-refractivity contribution is 1.09. The van der Waals surface area contributed by atoms with Crippen molar-refractivity contribution in [2.75, 3.05) is 0 Å². The van der Waals surface area contributed by atoms with Crippen molar-refractivity contribution in [3.8, 4) is 0 Å². The molecule has 0 aliphatic rings. The van der Waals surface area contributed by atoms with Gasteiger partial charge in [0.05, 0.1) is 11.7 Å². The number of rotatable bonds is 0. The second-order valence-electron chi connectivity index (χ2n) is 3.90. The summed E-state index contributed by atoms with van der Waals surface area (Å²) in [4.78, 5) is 0. The Morgan fingerprint density at radius 3 is 2.20 bits per heavy atom. The van der Waals surface area contributed by atoms with Crippen molar-refractivity contribution in [3.05, 3.63) is 42.6 Å². The van der Waals surface area contributed by atoms with E-state index >= 15 is 0 Å². The van der Waals surface area contributed by atoms with E-state index in [1.54, 1.807) is 0 Å². The van der Waals surface area contributed by atoms with Crippen molar-refractivity contribution in [2.45, 2.75) is 0 Å². The molecule has 0 bridgehead atoms. The highest BCUT2D eigenvalue weighted by Crippen LogP contribution is 2.33. The molecule has 1 heterocycles. The van der Waals surface area contributed by atoms with E-state index in [0.29, 0.717) is 0 Å². The fourth-order valence-corrected chi connectivity index (χ4v) is 2.41. The minimum Gasteiger partial charge on any atom is -0.278 e. The molecule has 1 N–H and O–H groups in total. The number of aromatic nitrogens is 2. The first kappa shape index (κ1) is 7.23. The maximum atomic E-state index is 4.13. The molecule has 0 aliphatic carbocycles. The predicted octanol–water partition coefficient (Wildman–Crippen LogP) is 3.31. The summed E-state index contributed by atoms with van der Waals surface area (Å²) >= 11 is 0. The van der Waals surface area contributed by atoms with Crippen LogP contribution in [0.2, 0.25) is 0 Å². The molecule has 0 saturated heterocycles. The first-order valence-corrected chi connectivity index (χ1v) is 5.00. The SMILES string of the molecule is c1cc2ccc3[nH]ncc4ccc1c2c43. The number of H-pyrrole nitrogens is 1. The van der Waals surface area contributed by atoms with Crippen LogP contribution in [-0.4, -0.2) is 10.2 Å². The number of hydrogen-bond acceptors (Lipinski definition) is 1. The van der Waals surface area contributed by atoms with Gasteiger partial charge in [-0.25, -0.2) is 0 Å². The molecule has 0 fully saturated rings. The maximum Gasteiger partial charge on any atom is 0.0647 e. The van der Waals surface area contributed by atoms with Crippen LogP contribution in [0.5, 0.6) is 0 Å². The molecule has 2 heteroatoms. The number of hydrogen-bond donors (Lipinski definition) is 1. The Labute approximate surface area is 85.9 Å². The summed E-state index contributed by atoms with van der Waals surface area (Å²) in [5.41, 5.74) is 1.11. The summed E-state index contributed by atoms with van der Waals surface area (Å²) in [6.07, 6.45) is 1.88. The van der Waals surface area contributed by atoms with Crippen LogP contribution in [0.25, 0.3) is 32.4 Å². The van der Waals surface area contributed by atoms with Gasteiger partial charge in [-0.2, -0.15) is 5.10 Å². The van der Waals surface area contributed by atoms with Crippen LogP contribution in [0.1, 0.15) is 0 Å². The number of aromatic amines is 1. The molecule has 0 saturated carbocycles. The molecule has 0 unspecified atom stereocenters. The van der Waals surface area contributed by atoms with Crippen LogP contribution >= 0.6 is 0 Å². The van der Waals surface area contributed by atoms with Gasteiger partial charge in [-0.3, -0.25) is 5.10 Å².